The monoisotopic (exact) mass is 181 g/mol. The quantitative estimate of drug-likeness (QED) is 0.616. The van der Waals surface area contributed by atoms with Crippen LogP contribution < -0.4 is 0 Å². The molecule has 1 heterocycles. The van der Waals surface area contributed by atoms with Crippen LogP contribution in [0, 0.1) is 0 Å². The first-order valence-corrected chi connectivity index (χ1v) is 4.82. The summed E-state index contributed by atoms with van der Waals surface area (Å²) in [5, 5.41) is 0. The number of allylic oxidation sites excluding steroid dienone is 2. The molecule has 0 aromatic carbocycles. The number of hydrogen-bond donors (Lipinski definition) is 0. The van der Waals surface area contributed by atoms with E-state index in [9.17, 15) is 0 Å². The number of nitrogens with zero attached hydrogens (tertiary/aromatic N) is 1. The molecule has 0 aromatic rings. The molecule has 74 valence electrons. The van der Waals surface area contributed by atoms with Crippen molar-refractivity contribution in [1.82, 2.24) is 4.90 Å². The van der Waals surface area contributed by atoms with Crippen molar-refractivity contribution < 1.29 is 4.74 Å². The summed E-state index contributed by atoms with van der Waals surface area (Å²) >= 11 is 0. The minimum Gasteiger partial charge on any atom is -0.383 e. The Kier molecular flexibility index (Phi) is 4.03. The third-order valence-electron chi connectivity index (χ3n) is 2.33. The minimum absolute atomic E-state index is 0.570. The summed E-state index contributed by atoms with van der Waals surface area (Å²) in [6.07, 6.45) is 6.72. The third-order valence-corrected chi connectivity index (χ3v) is 2.33. The number of rotatable bonds is 4. The molecule has 1 fully saturated rings. The standard InChI is InChI=1S/C11H19NO/c1-10(2)6-8-12-7-4-5-11(12)9-13-3/h6,8,11H,1,4-5,7,9H2,2-3H3/b8-6+/t11-/m0/s1. The van der Waals surface area contributed by atoms with Crippen molar-refractivity contribution in [1.29, 1.82) is 0 Å². The summed E-state index contributed by atoms with van der Waals surface area (Å²) in [4.78, 5) is 2.35. The predicted molar refractivity (Wildman–Crippen MR) is 55.6 cm³/mol. The molecule has 0 saturated carbocycles. The van der Waals surface area contributed by atoms with Crippen LogP contribution in [0.3, 0.4) is 0 Å². The first-order chi connectivity index (χ1) is 6.24. The van der Waals surface area contributed by atoms with Gasteiger partial charge in [-0.2, -0.15) is 0 Å². The molecule has 1 saturated heterocycles. The SMILES string of the molecule is C=C(C)/C=C/N1CCC[C@H]1COC. The van der Waals surface area contributed by atoms with Gasteiger partial charge in [0, 0.05) is 13.7 Å². The Hall–Kier alpha value is -0.760. The van der Waals surface area contributed by atoms with Gasteiger partial charge < -0.3 is 9.64 Å². The van der Waals surface area contributed by atoms with E-state index in [1.165, 1.54) is 12.8 Å². The Balaban J connectivity index is 2.43. The molecule has 2 nitrogen and oxygen atoms in total. The molecule has 13 heavy (non-hydrogen) atoms. The van der Waals surface area contributed by atoms with Crippen molar-refractivity contribution in [3.63, 3.8) is 0 Å². The van der Waals surface area contributed by atoms with Crippen LogP contribution in [0.25, 0.3) is 0 Å². The summed E-state index contributed by atoms with van der Waals surface area (Å²) in [6, 6.07) is 0.570. The molecule has 0 unspecified atom stereocenters. The largest absolute Gasteiger partial charge is 0.383 e. The van der Waals surface area contributed by atoms with E-state index < -0.39 is 0 Å². The Bertz CT molecular complexity index is 198. The molecular weight excluding hydrogens is 162 g/mol. The normalized spacial score (nSPS) is 22.9. The lowest BCUT2D eigenvalue weighted by molar-refractivity contribution is 0.138. The summed E-state index contributed by atoms with van der Waals surface area (Å²) in [5.74, 6) is 0. The number of methoxy groups -OCH3 is 1. The lowest BCUT2D eigenvalue weighted by Gasteiger charge is -2.21. The summed E-state index contributed by atoms with van der Waals surface area (Å²) in [7, 11) is 1.76. The lowest BCUT2D eigenvalue weighted by atomic mass is 10.2. The molecular formula is C11H19NO. The van der Waals surface area contributed by atoms with Gasteiger partial charge in [0.05, 0.1) is 12.6 Å². The smallest absolute Gasteiger partial charge is 0.0666 e. The van der Waals surface area contributed by atoms with Crippen LogP contribution in [0.2, 0.25) is 0 Å². The maximum atomic E-state index is 5.16. The topological polar surface area (TPSA) is 12.5 Å². The molecule has 1 atom stereocenters. The molecule has 0 spiro atoms. The fraction of sp³-hybridized carbons (Fsp3) is 0.636. The minimum atomic E-state index is 0.570. The Morgan fingerprint density at radius 2 is 2.46 bits per heavy atom. The van der Waals surface area contributed by atoms with E-state index in [0.717, 1.165) is 18.7 Å². The van der Waals surface area contributed by atoms with Crippen LogP contribution in [0.15, 0.2) is 24.4 Å². The van der Waals surface area contributed by atoms with Gasteiger partial charge in [-0.1, -0.05) is 12.2 Å². The highest BCUT2D eigenvalue weighted by molar-refractivity contribution is 5.11. The first kappa shape index (κ1) is 10.3. The lowest BCUT2D eigenvalue weighted by Crippen LogP contribution is -2.28. The van der Waals surface area contributed by atoms with Gasteiger partial charge in [-0.05, 0) is 32.0 Å². The van der Waals surface area contributed by atoms with Crippen molar-refractivity contribution >= 4 is 0 Å². The average Bonchev–Trinajstić information content (AvgIpc) is 2.49. The van der Waals surface area contributed by atoms with E-state index in [1.807, 2.05) is 6.92 Å². The number of hydrogen-bond acceptors (Lipinski definition) is 2. The molecule has 0 amide bonds. The van der Waals surface area contributed by atoms with E-state index in [4.69, 9.17) is 4.74 Å². The summed E-state index contributed by atoms with van der Waals surface area (Å²) < 4.78 is 5.16. The number of ether oxygens (including phenoxy) is 1. The van der Waals surface area contributed by atoms with Crippen molar-refractivity contribution in [2.24, 2.45) is 0 Å². The van der Waals surface area contributed by atoms with E-state index in [1.54, 1.807) is 7.11 Å². The van der Waals surface area contributed by atoms with Crippen molar-refractivity contribution in [3.05, 3.63) is 24.4 Å². The van der Waals surface area contributed by atoms with Crippen LogP contribution in [0.5, 0.6) is 0 Å². The Morgan fingerprint density at radius 1 is 1.69 bits per heavy atom. The van der Waals surface area contributed by atoms with Gasteiger partial charge in [0.15, 0.2) is 0 Å². The molecule has 0 aromatic heterocycles. The van der Waals surface area contributed by atoms with Gasteiger partial charge in [-0.25, -0.2) is 0 Å². The van der Waals surface area contributed by atoms with Crippen LogP contribution >= 0.6 is 0 Å². The second-order valence-corrected chi connectivity index (χ2v) is 3.65. The zero-order valence-corrected chi connectivity index (χ0v) is 8.62. The molecule has 2 heteroatoms. The van der Waals surface area contributed by atoms with Gasteiger partial charge in [0.2, 0.25) is 0 Å². The first-order valence-electron chi connectivity index (χ1n) is 4.82. The van der Waals surface area contributed by atoms with Crippen molar-refractivity contribution in [3.8, 4) is 0 Å². The van der Waals surface area contributed by atoms with E-state index >= 15 is 0 Å². The molecule has 0 aliphatic carbocycles. The zero-order chi connectivity index (χ0) is 9.68. The third kappa shape index (κ3) is 3.23. The van der Waals surface area contributed by atoms with Crippen molar-refractivity contribution in [2.45, 2.75) is 25.8 Å². The van der Waals surface area contributed by atoms with Crippen LogP contribution in [0.4, 0.5) is 0 Å². The van der Waals surface area contributed by atoms with E-state index in [2.05, 4.69) is 23.8 Å². The molecule has 1 aliphatic heterocycles. The van der Waals surface area contributed by atoms with E-state index in [-0.39, 0.29) is 0 Å². The number of likely N-dealkylation sites (tertiary alicyclic amines) is 1. The fourth-order valence-corrected chi connectivity index (χ4v) is 1.65. The van der Waals surface area contributed by atoms with Gasteiger partial charge in [0.25, 0.3) is 0 Å². The van der Waals surface area contributed by atoms with E-state index in [0.29, 0.717) is 6.04 Å². The Morgan fingerprint density at radius 3 is 3.08 bits per heavy atom. The highest BCUT2D eigenvalue weighted by Gasteiger charge is 2.20. The Labute approximate surface area is 80.9 Å². The van der Waals surface area contributed by atoms with Crippen molar-refractivity contribution in [2.75, 3.05) is 20.3 Å². The van der Waals surface area contributed by atoms with Gasteiger partial charge in [0.1, 0.15) is 0 Å². The molecule has 1 aliphatic rings. The highest BCUT2D eigenvalue weighted by atomic mass is 16.5. The van der Waals surface area contributed by atoms with Gasteiger partial charge in [-0.3, -0.25) is 0 Å². The zero-order valence-electron chi connectivity index (χ0n) is 8.62. The predicted octanol–water partition coefficient (Wildman–Crippen LogP) is 2.19. The molecule has 1 rings (SSSR count). The molecule has 0 radical (unpaired) electrons. The summed E-state index contributed by atoms with van der Waals surface area (Å²) in [6.45, 7) is 7.84. The second-order valence-electron chi connectivity index (χ2n) is 3.65. The van der Waals surface area contributed by atoms with Crippen LogP contribution in [-0.2, 0) is 4.74 Å². The molecule has 0 bridgehead atoms. The maximum Gasteiger partial charge on any atom is 0.0666 e. The summed E-state index contributed by atoms with van der Waals surface area (Å²) in [5.41, 5.74) is 1.10. The van der Waals surface area contributed by atoms with Gasteiger partial charge in [-0.15, -0.1) is 0 Å². The fourth-order valence-electron chi connectivity index (χ4n) is 1.65. The van der Waals surface area contributed by atoms with Gasteiger partial charge >= 0.3 is 0 Å². The highest BCUT2D eigenvalue weighted by Crippen LogP contribution is 2.17. The maximum absolute atomic E-state index is 5.16. The second kappa shape index (κ2) is 5.07. The molecule has 0 N–H and O–H groups in total. The average molecular weight is 181 g/mol. The van der Waals surface area contributed by atoms with Crippen LogP contribution in [-0.4, -0.2) is 31.2 Å². The van der Waals surface area contributed by atoms with Crippen LogP contribution in [0.1, 0.15) is 19.8 Å².